The fourth-order valence-electron chi connectivity index (χ4n) is 4.20. The molecule has 2 aliphatic heterocycles. The number of furan rings is 1. The third-order valence-corrected chi connectivity index (χ3v) is 7.27. The maximum Gasteiger partial charge on any atom is 0.290 e. The molecule has 1 aromatic heterocycles. The molecule has 1 saturated heterocycles. The van der Waals surface area contributed by atoms with Gasteiger partial charge in [-0.05, 0) is 30.9 Å². The highest BCUT2D eigenvalue weighted by atomic mass is 32.2. The minimum atomic E-state index is -3.54. The number of hydrogen-bond donors (Lipinski definition) is 2. The lowest BCUT2D eigenvalue weighted by atomic mass is 9.93. The van der Waals surface area contributed by atoms with E-state index in [1.165, 1.54) is 0 Å². The third kappa shape index (κ3) is 3.18. The van der Waals surface area contributed by atoms with E-state index in [2.05, 4.69) is 10.0 Å². The summed E-state index contributed by atoms with van der Waals surface area (Å²) in [6, 6.07) is 14.5. The molecule has 5 rings (SSSR count). The van der Waals surface area contributed by atoms with E-state index in [4.69, 9.17) is 4.42 Å². The number of piperidine rings is 1. The Bertz CT molecular complexity index is 1180. The predicted octanol–water partition coefficient (Wildman–Crippen LogP) is 3.02. The van der Waals surface area contributed by atoms with Crippen molar-refractivity contribution in [3.05, 3.63) is 60.6 Å². The fraction of sp³-hybridized carbons (Fsp3) is 0.286. The second kappa shape index (κ2) is 6.89. The van der Waals surface area contributed by atoms with Crippen LogP contribution < -0.4 is 10.0 Å². The van der Waals surface area contributed by atoms with E-state index in [1.54, 1.807) is 29.4 Å². The Hall–Kier alpha value is -2.84. The van der Waals surface area contributed by atoms with Gasteiger partial charge >= 0.3 is 0 Å². The Morgan fingerprint density at radius 3 is 2.59 bits per heavy atom. The van der Waals surface area contributed by atoms with Crippen molar-refractivity contribution >= 4 is 32.4 Å². The monoisotopic (exact) mass is 411 g/mol. The number of nitrogens with one attached hydrogen (secondary N) is 2. The van der Waals surface area contributed by atoms with E-state index in [-0.39, 0.29) is 22.9 Å². The molecule has 1 unspecified atom stereocenters. The van der Waals surface area contributed by atoms with Crippen molar-refractivity contribution in [1.82, 2.24) is 9.62 Å². The number of anilines is 1. The lowest BCUT2D eigenvalue weighted by molar-refractivity contribution is 0.0650. The van der Waals surface area contributed by atoms with Crippen LogP contribution >= 0.6 is 0 Å². The van der Waals surface area contributed by atoms with Crippen molar-refractivity contribution in [2.75, 3.05) is 18.4 Å². The van der Waals surface area contributed by atoms with Gasteiger partial charge in [0.05, 0.1) is 18.1 Å². The molecule has 8 heteroatoms. The molecule has 2 aliphatic rings. The maximum absolute atomic E-state index is 12.9. The predicted molar refractivity (Wildman–Crippen MR) is 109 cm³/mol. The van der Waals surface area contributed by atoms with Gasteiger partial charge in [0.2, 0.25) is 10.0 Å². The Morgan fingerprint density at radius 2 is 1.76 bits per heavy atom. The van der Waals surface area contributed by atoms with Crippen LogP contribution in [0.3, 0.4) is 0 Å². The van der Waals surface area contributed by atoms with E-state index in [1.807, 2.05) is 30.3 Å². The number of sulfonamides is 1. The summed E-state index contributed by atoms with van der Waals surface area (Å²) in [6.45, 7) is 1.11. The summed E-state index contributed by atoms with van der Waals surface area (Å²) in [4.78, 5) is 15.0. The van der Waals surface area contributed by atoms with Gasteiger partial charge in [-0.2, -0.15) is 4.72 Å². The summed E-state index contributed by atoms with van der Waals surface area (Å²) < 4.78 is 33.4. The van der Waals surface area contributed by atoms with Crippen LogP contribution in [-0.4, -0.2) is 38.5 Å². The zero-order valence-electron chi connectivity index (χ0n) is 15.7. The van der Waals surface area contributed by atoms with E-state index in [0.717, 1.165) is 10.8 Å². The van der Waals surface area contributed by atoms with E-state index < -0.39 is 10.0 Å². The number of fused-ring (bicyclic) bond motifs is 2. The number of carbonyl (C=O) groups excluding carboxylic acids is 1. The van der Waals surface area contributed by atoms with Gasteiger partial charge in [0.1, 0.15) is 4.90 Å². The van der Waals surface area contributed by atoms with Crippen LogP contribution in [0.25, 0.3) is 10.8 Å². The van der Waals surface area contributed by atoms with Crippen LogP contribution in [0.2, 0.25) is 0 Å². The first-order valence-electron chi connectivity index (χ1n) is 9.66. The molecule has 0 radical (unpaired) electrons. The number of hydrogen-bond acceptors (Lipinski definition) is 5. The molecule has 0 aliphatic carbocycles. The van der Waals surface area contributed by atoms with Gasteiger partial charge in [-0.1, -0.05) is 36.4 Å². The molecule has 3 aromatic rings. The van der Waals surface area contributed by atoms with Crippen molar-refractivity contribution in [2.45, 2.75) is 23.9 Å². The number of nitrogens with zero attached hydrogens (tertiary/aromatic N) is 1. The molecule has 2 N–H and O–H groups in total. The summed E-state index contributed by atoms with van der Waals surface area (Å²) in [7, 11) is -3.54. The maximum atomic E-state index is 12.9. The van der Waals surface area contributed by atoms with Gasteiger partial charge in [-0.15, -0.1) is 0 Å². The minimum absolute atomic E-state index is 0.0931. The Kier molecular flexibility index (Phi) is 4.33. The van der Waals surface area contributed by atoms with E-state index >= 15 is 0 Å². The first-order chi connectivity index (χ1) is 14.0. The topological polar surface area (TPSA) is 91.7 Å². The fourth-order valence-corrected chi connectivity index (χ4v) is 5.59. The largest absolute Gasteiger partial charge is 0.458 e. The van der Waals surface area contributed by atoms with Crippen molar-refractivity contribution < 1.29 is 17.6 Å². The summed E-state index contributed by atoms with van der Waals surface area (Å²) in [5.74, 6) is 0.340. The summed E-state index contributed by atoms with van der Waals surface area (Å²) in [6.07, 6.45) is 2.63. The number of rotatable bonds is 2. The van der Waals surface area contributed by atoms with Gasteiger partial charge < -0.3 is 14.6 Å². The lowest BCUT2D eigenvalue weighted by Crippen LogP contribution is -2.52. The number of para-hydroxylation sites is 1. The van der Waals surface area contributed by atoms with Gasteiger partial charge in [0.15, 0.2) is 5.76 Å². The molecule has 0 bridgehead atoms. The second-order valence-electron chi connectivity index (χ2n) is 7.52. The van der Waals surface area contributed by atoms with Gasteiger partial charge in [-0.25, -0.2) is 8.42 Å². The molecule has 0 saturated carbocycles. The van der Waals surface area contributed by atoms with Crippen LogP contribution in [0.5, 0.6) is 0 Å². The first-order valence-corrected chi connectivity index (χ1v) is 11.1. The van der Waals surface area contributed by atoms with Gasteiger partial charge in [0, 0.05) is 23.9 Å². The average Bonchev–Trinajstić information content (AvgIpc) is 3.17. The number of amides is 1. The van der Waals surface area contributed by atoms with Crippen LogP contribution in [0.4, 0.5) is 5.69 Å². The summed E-state index contributed by atoms with van der Waals surface area (Å²) in [5.41, 5.74) is 0.622. The summed E-state index contributed by atoms with van der Waals surface area (Å²) in [5, 5.41) is 5.03. The van der Waals surface area contributed by atoms with E-state index in [9.17, 15) is 13.2 Å². The SMILES string of the molecule is O=C(c1occ2ccccc12)N1CCC(C2Nc3ccccc3S(=O)(=O)N2)CC1. The standard InChI is InChI=1S/C21H21N3O4S/c25-21(19-16-6-2-1-5-15(16)13-28-19)24-11-9-14(10-12-24)20-22-17-7-3-4-8-18(17)29(26,27)23-20/h1-8,13-14,20,22-23H,9-12H2. The lowest BCUT2D eigenvalue weighted by Gasteiger charge is -2.38. The Morgan fingerprint density at radius 1 is 1.03 bits per heavy atom. The average molecular weight is 411 g/mol. The van der Waals surface area contributed by atoms with Crippen molar-refractivity contribution in [3.63, 3.8) is 0 Å². The van der Waals surface area contributed by atoms with Crippen LogP contribution in [0.15, 0.2) is 64.1 Å². The second-order valence-corrected chi connectivity index (χ2v) is 9.20. The van der Waals surface area contributed by atoms with Crippen molar-refractivity contribution in [1.29, 1.82) is 0 Å². The smallest absolute Gasteiger partial charge is 0.290 e. The molecular formula is C21H21N3O4S. The number of likely N-dealkylation sites (tertiary alicyclic amines) is 1. The molecule has 7 nitrogen and oxygen atoms in total. The zero-order chi connectivity index (χ0) is 20.0. The molecule has 2 aromatic carbocycles. The highest BCUT2D eigenvalue weighted by Gasteiger charge is 2.36. The molecule has 1 amide bonds. The van der Waals surface area contributed by atoms with Crippen molar-refractivity contribution in [2.24, 2.45) is 5.92 Å². The molecule has 1 fully saturated rings. The molecule has 0 spiro atoms. The molecule has 3 heterocycles. The van der Waals surface area contributed by atoms with Crippen LogP contribution in [0, 0.1) is 5.92 Å². The quantitative estimate of drug-likeness (QED) is 0.676. The van der Waals surface area contributed by atoms with Gasteiger partial charge in [0.25, 0.3) is 5.91 Å². The molecule has 1 atom stereocenters. The number of carbonyl (C=O) groups is 1. The van der Waals surface area contributed by atoms with Crippen LogP contribution in [-0.2, 0) is 10.0 Å². The Labute approximate surface area is 168 Å². The highest BCUT2D eigenvalue weighted by Crippen LogP contribution is 2.31. The van der Waals surface area contributed by atoms with Gasteiger partial charge in [-0.3, -0.25) is 4.79 Å². The van der Waals surface area contributed by atoms with Crippen LogP contribution in [0.1, 0.15) is 23.4 Å². The third-order valence-electron chi connectivity index (χ3n) is 5.77. The number of benzene rings is 2. The summed E-state index contributed by atoms with van der Waals surface area (Å²) >= 11 is 0. The molecule has 150 valence electrons. The minimum Gasteiger partial charge on any atom is -0.458 e. The molecule has 29 heavy (non-hydrogen) atoms. The normalized spacial score (nSPS) is 21.5. The van der Waals surface area contributed by atoms with Crippen molar-refractivity contribution in [3.8, 4) is 0 Å². The van der Waals surface area contributed by atoms with E-state index in [0.29, 0.717) is 37.4 Å². The zero-order valence-corrected chi connectivity index (χ0v) is 16.5. The molecular weight excluding hydrogens is 390 g/mol. The first kappa shape index (κ1) is 18.2. The highest BCUT2D eigenvalue weighted by molar-refractivity contribution is 7.89. The Balaban J connectivity index is 1.29.